The highest BCUT2D eigenvalue weighted by Crippen LogP contribution is 2.61. The summed E-state index contributed by atoms with van der Waals surface area (Å²) in [5.74, 6) is 2.85. The Morgan fingerprint density at radius 2 is 1.61 bits per heavy atom. The fraction of sp³-hybridized carbons (Fsp3) is 0.625. The molecule has 96 valence electrons. The fourth-order valence-electron chi connectivity index (χ4n) is 5.21. The lowest BCUT2D eigenvalue weighted by Gasteiger charge is -2.58. The lowest BCUT2D eigenvalue weighted by atomic mass is 9.49. The minimum atomic E-state index is -0.320. The van der Waals surface area contributed by atoms with Gasteiger partial charge >= 0.3 is 0 Å². The number of halogens is 1. The van der Waals surface area contributed by atoms with Crippen molar-refractivity contribution in [1.29, 1.82) is 0 Å². The minimum Gasteiger partial charge on any atom is -0.390 e. The van der Waals surface area contributed by atoms with E-state index in [1.807, 2.05) is 12.1 Å². The van der Waals surface area contributed by atoms with Gasteiger partial charge in [-0.05, 0) is 73.5 Å². The van der Waals surface area contributed by atoms with Crippen LogP contribution in [0.25, 0.3) is 0 Å². The summed E-state index contributed by atoms with van der Waals surface area (Å²) in [6, 6.07) is 8.41. The Bertz CT molecular complexity index is 450. The van der Waals surface area contributed by atoms with Gasteiger partial charge in [-0.25, -0.2) is 0 Å². The zero-order chi connectivity index (χ0) is 12.3. The smallest absolute Gasteiger partial charge is 0.0656 e. The molecular weight excluding hydrogens is 244 g/mol. The van der Waals surface area contributed by atoms with Crippen molar-refractivity contribution in [2.75, 3.05) is 0 Å². The molecule has 2 unspecified atom stereocenters. The van der Waals surface area contributed by atoms with Crippen molar-refractivity contribution in [3.8, 4) is 0 Å². The molecule has 1 nitrogen and oxygen atoms in total. The zero-order valence-corrected chi connectivity index (χ0v) is 11.2. The third kappa shape index (κ3) is 1.64. The minimum absolute atomic E-state index is 0.320. The summed E-state index contributed by atoms with van der Waals surface area (Å²) >= 11 is 5.98. The summed E-state index contributed by atoms with van der Waals surface area (Å²) in [7, 11) is 0. The highest BCUT2D eigenvalue weighted by Gasteiger charge is 2.54. The Hall–Kier alpha value is -0.530. The topological polar surface area (TPSA) is 20.2 Å². The van der Waals surface area contributed by atoms with Gasteiger partial charge in [-0.15, -0.1) is 0 Å². The average Bonchev–Trinajstić information content (AvgIpc) is 2.28. The van der Waals surface area contributed by atoms with Crippen LogP contribution in [0, 0.1) is 17.8 Å². The van der Waals surface area contributed by atoms with Gasteiger partial charge in [0.1, 0.15) is 0 Å². The fourth-order valence-corrected chi connectivity index (χ4v) is 5.34. The van der Waals surface area contributed by atoms with Gasteiger partial charge in [-0.2, -0.15) is 0 Å². The number of rotatable bonds is 1. The third-order valence-electron chi connectivity index (χ3n) is 5.50. The molecule has 4 aliphatic carbocycles. The number of hydrogen-bond donors (Lipinski definition) is 1. The van der Waals surface area contributed by atoms with E-state index in [1.54, 1.807) is 0 Å². The van der Waals surface area contributed by atoms with Crippen LogP contribution < -0.4 is 0 Å². The molecule has 0 aliphatic heterocycles. The van der Waals surface area contributed by atoms with Crippen molar-refractivity contribution < 1.29 is 5.11 Å². The van der Waals surface area contributed by atoms with Crippen LogP contribution in [0.4, 0.5) is 0 Å². The maximum atomic E-state index is 10.6. The van der Waals surface area contributed by atoms with Crippen molar-refractivity contribution in [3.63, 3.8) is 0 Å². The van der Waals surface area contributed by atoms with Crippen molar-refractivity contribution in [2.24, 2.45) is 17.8 Å². The molecule has 1 aromatic carbocycles. The first-order chi connectivity index (χ1) is 8.63. The molecule has 18 heavy (non-hydrogen) atoms. The van der Waals surface area contributed by atoms with E-state index in [4.69, 9.17) is 11.6 Å². The van der Waals surface area contributed by atoms with E-state index in [0.717, 1.165) is 30.2 Å². The van der Waals surface area contributed by atoms with Crippen molar-refractivity contribution >= 4 is 11.6 Å². The summed E-state index contributed by atoms with van der Waals surface area (Å²) in [6.07, 6.45) is 5.76. The Morgan fingerprint density at radius 1 is 1.00 bits per heavy atom. The number of hydrogen-bond acceptors (Lipinski definition) is 1. The second-order valence-electron chi connectivity index (χ2n) is 6.77. The maximum Gasteiger partial charge on any atom is 0.0656 e. The predicted octanol–water partition coefficient (Wildman–Crippen LogP) is 3.99. The first kappa shape index (κ1) is 11.3. The van der Waals surface area contributed by atoms with E-state index in [0.29, 0.717) is 17.8 Å². The summed E-state index contributed by atoms with van der Waals surface area (Å²) in [4.78, 5) is 0. The molecule has 4 saturated carbocycles. The monoisotopic (exact) mass is 262 g/mol. The Morgan fingerprint density at radius 3 is 2.17 bits per heavy atom. The predicted molar refractivity (Wildman–Crippen MR) is 72.7 cm³/mol. The SMILES string of the molecule is OC12CC3CC(C1)C(c1ccc(Cl)cc1)C(C3)C2. The molecule has 4 aliphatic rings. The van der Waals surface area contributed by atoms with Crippen LogP contribution in [0.5, 0.6) is 0 Å². The maximum absolute atomic E-state index is 10.6. The van der Waals surface area contributed by atoms with Crippen molar-refractivity contribution in [2.45, 2.75) is 43.6 Å². The van der Waals surface area contributed by atoms with Crippen molar-refractivity contribution in [3.05, 3.63) is 34.9 Å². The first-order valence-electron chi connectivity index (χ1n) is 7.11. The summed E-state index contributed by atoms with van der Waals surface area (Å²) < 4.78 is 0. The quantitative estimate of drug-likeness (QED) is 0.811. The highest BCUT2D eigenvalue weighted by atomic mass is 35.5. The molecule has 4 bridgehead atoms. The number of benzene rings is 1. The molecule has 1 aromatic rings. The average molecular weight is 263 g/mol. The van der Waals surface area contributed by atoms with E-state index in [2.05, 4.69) is 12.1 Å². The summed E-state index contributed by atoms with van der Waals surface area (Å²) in [6.45, 7) is 0. The molecule has 5 rings (SSSR count). The second-order valence-corrected chi connectivity index (χ2v) is 7.21. The van der Waals surface area contributed by atoms with E-state index >= 15 is 0 Å². The van der Waals surface area contributed by atoms with Gasteiger partial charge in [-0.1, -0.05) is 23.7 Å². The van der Waals surface area contributed by atoms with Gasteiger partial charge in [0.25, 0.3) is 0 Å². The van der Waals surface area contributed by atoms with E-state index in [9.17, 15) is 5.11 Å². The van der Waals surface area contributed by atoms with Gasteiger partial charge in [0.2, 0.25) is 0 Å². The first-order valence-corrected chi connectivity index (χ1v) is 7.49. The second kappa shape index (κ2) is 3.74. The molecule has 0 saturated heterocycles. The molecule has 0 spiro atoms. The van der Waals surface area contributed by atoms with E-state index < -0.39 is 0 Å². The molecule has 0 heterocycles. The Kier molecular flexibility index (Phi) is 2.35. The van der Waals surface area contributed by atoms with Gasteiger partial charge in [0.05, 0.1) is 5.60 Å². The van der Waals surface area contributed by atoms with Crippen LogP contribution in [0.1, 0.15) is 43.6 Å². The molecule has 0 radical (unpaired) electrons. The third-order valence-corrected chi connectivity index (χ3v) is 5.75. The van der Waals surface area contributed by atoms with Gasteiger partial charge in [0.15, 0.2) is 0 Å². The lowest BCUT2D eigenvalue weighted by Crippen LogP contribution is -2.53. The van der Waals surface area contributed by atoms with E-state index in [1.165, 1.54) is 18.4 Å². The van der Waals surface area contributed by atoms with Crippen LogP contribution >= 0.6 is 11.6 Å². The van der Waals surface area contributed by atoms with Gasteiger partial charge < -0.3 is 5.11 Å². The van der Waals surface area contributed by atoms with E-state index in [-0.39, 0.29) is 5.60 Å². The van der Waals surface area contributed by atoms with Crippen LogP contribution in [-0.2, 0) is 0 Å². The largest absolute Gasteiger partial charge is 0.390 e. The Balaban J connectivity index is 1.69. The molecular formula is C16H19ClO. The van der Waals surface area contributed by atoms with Gasteiger partial charge in [0, 0.05) is 5.02 Å². The van der Waals surface area contributed by atoms with Crippen LogP contribution in [0.2, 0.25) is 5.02 Å². The van der Waals surface area contributed by atoms with Crippen LogP contribution in [-0.4, -0.2) is 10.7 Å². The summed E-state index contributed by atoms with van der Waals surface area (Å²) in [5.41, 5.74) is 1.12. The molecule has 1 N–H and O–H groups in total. The molecule has 0 amide bonds. The highest BCUT2D eigenvalue weighted by molar-refractivity contribution is 6.30. The molecule has 2 heteroatoms. The standard InChI is InChI=1S/C16H19ClO/c17-14-3-1-11(2-4-14)15-12-5-10-6-13(15)9-16(18,7-10)8-12/h1-4,10,12-13,15,18H,5-9H2. The normalized spacial score (nSPS) is 45.4. The zero-order valence-electron chi connectivity index (χ0n) is 10.5. The Labute approximate surface area is 113 Å². The van der Waals surface area contributed by atoms with Crippen molar-refractivity contribution in [1.82, 2.24) is 0 Å². The van der Waals surface area contributed by atoms with Gasteiger partial charge in [-0.3, -0.25) is 0 Å². The lowest BCUT2D eigenvalue weighted by molar-refractivity contribution is -0.134. The van der Waals surface area contributed by atoms with Crippen LogP contribution in [0.3, 0.4) is 0 Å². The van der Waals surface area contributed by atoms with Crippen LogP contribution in [0.15, 0.2) is 24.3 Å². The molecule has 2 atom stereocenters. The summed E-state index contributed by atoms with van der Waals surface area (Å²) in [5, 5.41) is 11.4. The number of aliphatic hydroxyl groups is 1. The molecule has 4 fully saturated rings. The molecule has 0 aromatic heterocycles.